The van der Waals surface area contributed by atoms with E-state index in [1.807, 2.05) is 30.0 Å². The van der Waals surface area contributed by atoms with Gasteiger partial charge in [0.05, 0.1) is 11.4 Å². The minimum Gasteiger partial charge on any atom is -0.345 e. The van der Waals surface area contributed by atoms with E-state index < -0.39 is 0 Å². The van der Waals surface area contributed by atoms with Gasteiger partial charge in [0.1, 0.15) is 22.5 Å². The number of benzene rings is 1. The van der Waals surface area contributed by atoms with Crippen molar-refractivity contribution in [2.24, 2.45) is 0 Å². The van der Waals surface area contributed by atoms with Gasteiger partial charge in [-0.05, 0) is 39.3 Å². The molecule has 2 heterocycles. The van der Waals surface area contributed by atoms with E-state index in [0.29, 0.717) is 10.6 Å². The van der Waals surface area contributed by atoms with Gasteiger partial charge in [-0.1, -0.05) is 17.7 Å². The molecule has 6 heteroatoms. The van der Waals surface area contributed by atoms with Gasteiger partial charge in [0, 0.05) is 23.3 Å². The molecule has 0 saturated carbocycles. The summed E-state index contributed by atoms with van der Waals surface area (Å²) in [5, 5.41) is 19.9. The molecule has 0 saturated heterocycles. The Hall–Kier alpha value is -2.91. The number of aromatic nitrogens is 3. The molecule has 3 aromatic rings. The summed E-state index contributed by atoms with van der Waals surface area (Å²) in [4.78, 5) is 4.37. The Morgan fingerprint density at radius 3 is 2.64 bits per heavy atom. The smallest absolute Gasteiger partial charge is 0.135 e. The average Bonchev–Trinajstić information content (AvgIpc) is 3.14. The summed E-state index contributed by atoms with van der Waals surface area (Å²) in [6, 6.07) is 10.4. The Labute approximate surface area is 151 Å². The second kappa shape index (κ2) is 6.91. The van der Waals surface area contributed by atoms with Crippen LogP contribution >= 0.6 is 11.3 Å². The summed E-state index contributed by atoms with van der Waals surface area (Å²) < 4.78 is 1.86. The maximum absolute atomic E-state index is 9.42. The zero-order valence-electron chi connectivity index (χ0n) is 14.7. The number of anilines is 1. The van der Waals surface area contributed by atoms with Crippen molar-refractivity contribution >= 4 is 22.7 Å². The largest absolute Gasteiger partial charge is 0.345 e. The van der Waals surface area contributed by atoms with Gasteiger partial charge in [-0.2, -0.15) is 10.4 Å². The van der Waals surface area contributed by atoms with Crippen LogP contribution in [0.5, 0.6) is 0 Å². The average molecular weight is 349 g/mol. The fraction of sp³-hybridized carbons (Fsp3) is 0.211. The molecule has 3 rings (SSSR count). The third kappa shape index (κ3) is 3.62. The van der Waals surface area contributed by atoms with E-state index in [0.717, 1.165) is 28.5 Å². The Balaban J connectivity index is 1.96. The molecule has 5 nitrogen and oxygen atoms in total. The predicted octanol–water partition coefficient (Wildman–Crippen LogP) is 4.54. The van der Waals surface area contributed by atoms with Crippen molar-refractivity contribution in [1.29, 1.82) is 5.26 Å². The maximum Gasteiger partial charge on any atom is 0.135 e. The Morgan fingerprint density at radius 2 is 2.00 bits per heavy atom. The van der Waals surface area contributed by atoms with E-state index in [2.05, 4.69) is 53.5 Å². The van der Waals surface area contributed by atoms with Crippen LogP contribution in [0.2, 0.25) is 0 Å². The van der Waals surface area contributed by atoms with Crippen LogP contribution in [0.25, 0.3) is 11.3 Å². The zero-order chi connectivity index (χ0) is 18.0. The number of rotatable bonds is 4. The van der Waals surface area contributed by atoms with Crippen molar-refractivity contribution in [2.45, 2.75) is 27.7 Å². The van der Waals surface area contributed by atoms with Crippen LogP contribution in [0.15, 0.2) is 35.8 Å². The highest BCUT2D eigenvalue weighted by Gasteiger charge is 2.11. The first-order chi connectivity index (χ1) is 12.0. The van der Waals surface area contributed by atoms with E-state index in [1.165, 1.54) is 16.9 Å². The first-order valence-corrected chi connectivity index (χ1v) is 8.79. The number of nitrogens with one attached hydrogen (secondary N) is 1. The van der Waals surface area contributed by atoms with Gasteiger partial charge < -0.3 is 5.32 Å². The lowest BCUT2D eigenvalue weighted by Gasteiger charge is -2.11. The molecule has 25 heavy (non-hydrogen) atoms. The van der Waals surface area contributed by atoms with Crippen molar-refractivity contribution in [3.63, 3.8) is 0 Å². The number of hydrogen-bond acceptors (Lipinski definition) is 5. The molecular weight excluding hydrogens is 330 g/mol. The minimum atomic E-state index is 0.504. The number of nitrogens with zero attached hydrogens (tertiary/aromatic N) is 4. The Morgan fingerprint density at radius 1 is 1.20 bits per heavy atom. The van der Waals surface area contributed by atoms with Gasteiger partial charge in [-0.15, -0.1) is 11.3 Å². The van der Waals surface area contributed by atoms with E-state index in [9.17, 15) is 5.26 Å². The molecule has 2 aromatic heterocycles. The van der Waals surface area contributed by atoms with Crippen molar-refractivity contribution in [3.05, 3.63) is 63.4 Å². The number of allylic oxidation sites excluding steroid dienone is 1. The van der Waals surface area contributed by atoms with Crippen LogP contribution in [-0.2, 0) is 0 Å². The maximum atomic E-state index is 9.42. The first-order valence-electron chi connectivity index (χ1n) is 7.91. The van der Waals surface area contributed by atoms with E-state index in [4.69, 9.17) is 0 Å². The SMILES string of the molecule is Cc1ccc(-n2nc(C)cc2N/C=C(\C#N)c2nc(C)cs2)c(C)c1. The van der Waals surface area contributed by atoms with E-state index >= 15 is 0 Å². The second-order valence-corrected chi connectivity index (χ2v) is 6.84. The lowest BCUT2D eigenvalue weighted by Crippen LogP contribution is -2.04. The van der Waals surface area contributed by atoms with Gasteiger partial charge in [0.15, 0.2) is 0 Å². The van der Waals surface area contributed by atoms with Crippen molar-refractivity contribution in [2.75, 3.05) is 5.32 Å². The first kappa shape index (κ1) is 16.9. The highest BCUT2D eigenvalue weighted by Crippen LogP contribution is 2.23. The highest BCUT2D eigenvalue weighted by molar-refractivity contribution is 7.10. The second-order valence-electron chi connectivity index (χ2n) is 5.98. The standard InChI is InChI=1S/C19H19N5S/c1-12-5-6-17(13(2)7-12)24-18(8-14(3)23-24)21-10-16(9-20)19-22-15(4)11-25-19/h5-8,10-11,21H,1-4H3/b16-10+. The molecule has 0 fully saturated rings. The lowest BCUT2D eigenvalue weighted by molar-refractivity contribution is 0.861. The fourth-order valence-electron chi connectivity index (χ4n) is 2.59. The molecule has 0 amide bonds. The monoisotopic (exact) mass is 349 g/mol. The summed E-state index contributed by atoms with van der Waals surface area (Å²) in [6.07, 6.45) is 1.69. The van der Waals surface area contributed by atoms with Crippen molar-refractivity contribution in [1.82, 2.24) is 14.8 Å². The van der Waals surface area contributed by atoms with Crippen molar-refractivity contribution in [3.8, 4) is 11.8 Å². The number of hydrogen-bond donors (Lipinski definition) is 1. The Kier molecular flexibility index (Phi) is 4.68. The van der Waals surface area contributed by atoms with Crippen LogP contribution in [0.4, 0.5) is 5.82 Å². The van der Waals surface area contributed by atoms with Gasteiger partial charge in [0.2, 0.25) is 0 Å². The fourth-order valence-corrected chi connectivity index (χ4v) is 3.36. The van der Waals surface area contributed by atoms with Crippen LogP contribution < -0.4 is 5.32 Å². The molecule has 0 aliphatic carbocycles. The number of thiazole rings is 1. The van der Waals surface area contributed by atoms with Gasteiger partial charge >= 0.3 is 0 Å². The summed E-state index contributed by atoms with van der Waals surface area (Å²) in [7, 11) is 0. The predicted molar refractivity (Wildman–Crippen MR) is 102 cm³/mol. The van der Waals surface area contributed by atoms with Crippen LogP contribution in [-0.4, -0.2) is 14.8 Å². The highest BCUT2D eigenvalue weighted by atomic mass is 32.1. The number of nitriles is 1. The Bertz CT molecular complexity index is 988. The molecular formula is C19H19N5S. The molecule has 0 radical (unpaired) electrons. The van der Waals surface area contributed by atoms with Crippen LogP contribution in [0.3, 0.4) is 0 Å². The molecule has 0 aliphatic heterocycles. The summed E-state index contributed by atoms with van der Waals surface area (Å²) in [5.74, 6) is 0.811. The van der Waals surface area contributed by atoms with Gasteiger partial charge in [-0.25, -0.2) is 9.67 Å². The quantitative estimate of drug-likeness (QED) is 0.702. The third-order valence-corrected chi connectivity index (χ3v) is 4.74. The number of aryl methyl sites for hydroxylation is 4. The lowest BCUT2D eigenvalue weighted by atomic mass is 10.1. The van der Waals surface area contributed by atoms with E-state index in [1.54, 1.807) is 6.20 Å². The molecule has 0 spiro atoms. The molecule has 0 bridgehead atoms. The zero-order valence-corrected chi connectivity index (χ0v) is 15.5. The van der Waals surface area contributed by atoms with Crippen LogP contribution in [0.1, 0.15) is 27.5 Å². The minimum absolute atomic E-state index is 0.504. The topological polar surface area (TPSA) is 66.5 Å². The molecule has 0 unspecified atom stereocenters. The van der Waals surface area contributed by atoms with Gasteiger partial charge in [-0.3, -0.25) is 0 Å². The molecule has 126 valence electrons. The summed E-state index contributed by atoms with van der Waals surface area (Å²) >= 11 is 1.46. The van der Waals surface area contributed by atoms with E-state index in [-0.39, 0.29) is 0 Å². The molecule has 0 atom stereocenters. The van der Waals surface area contributed by atoms with Crippen molar-refractivity contribution < 1.29 is 0 Å². The van der Waals surface area contributed by atoms with Crippen LogP contribution in [0, 0.1) is 39.0 Å². The summed E-state index contributed by atoms with van der Waals surface area (Å²) in [5.41, 5.74) is 5.69. The molecule has 1 N–H and O–H groups in total. The molecule has 1 aromatic carbocycles. The third-order valence-electron chi connectivity index (χ3n) is 3.75. The van der Waals surface area contributed by atoms with Gasteiger partial charge in [0.25, 0.3) is 0 Å². The summed E-state index contributed by atoms with van der Waals surface area (Å²) in [6.45, 7) is 8.01. The normalized spacial score (nSPS) is 11.4. The molecule has 0 aliphatic rings.